The highest BCUT2D eigenvalue weighted by Crippen LogP contribution is 2.58. The first-order valence-electron chi connectivity index (χ1n) is 7.25. The minimum absolute atomic E-state index is 0.116. The number of carbonyl (C=O) groups excluding carboxylic acids is 1. The SMILES string of the molecule is O=C(NO)c1ccc(Oc2ccc(C3(C(F)(F)F)CC3)cc2)cc1. The molecule has 1 saturated carbocycles. The van der Waals surface area contributed by atoms with Gasteiger partial charge in [0.2, 0.25) is 0 Å². The lowest BCUT2D eigenvalue weighted by Gasteiger charge is -2.19. The summed E-state index contributed by atoms with van der Waals surface area (Å²) in [5, 5.41) is 8.54. The molecule has 0 atom stereocenters. The standard InChI is InChI=1S/C17H14F3NO3/c18-17(19,20)16(9-10-16)12-3-7-14(8-4-12)24-13-5-1-11(2-6-13)15(22)21-23/h1-8,23H,9-10H2,(H,21,22). The van der Waals surface area contributed by atoms with Gasteiger partial charge in [0.15, 0.2) is 0 Å². The van der Waals surface area contributed by atoms with Crippen molar-refractivity contribution in [3.05, 3.63) is 59.7 Å². The highest BCUT2D eigenvalue weighted by atomic mass is 19.4. The third-order valence-corrected chi connectivity index (χ3v) is 4.15. The van der Waals surface area contributed by atoms with Gasteiger partial charge in [-0.05, 0) is 54.8 Å². The predicted molar refractivity (Wildman–Crippen MR) is 79.2 cm³/mol. The predicted octanol–water partition coefficient (Wildman–Crippen LogP) is 4.19. The zero-order chi connectivity index (χ0) is 17.4. The van der Waals surface area contributed by atoms with E-state index in [0.29, 0.717) is 11.5 Å². The van der Waals surface area contributed by atoms with Crippen molar-refractivity contribution in [1.29, 1.82) is 0 Å². The maximum absolute atomic E-state index is 13.1. The summed E-state index contributed by atoms with van der Waals surface area (Å²) in [7, 11) is 0. The number of rotatable bonds is 4. The quantitative estimate of drug-likeness (QED) is 0.650. The zero-order valence-corrected chi connectivity index (χ0v) is 12.4. The van der Waals surface area contributed by atoms with Crippen molar-refractivity contribution < 1.29 is 27.9 Å². The van der Waals surface area contributed by atoms with Gasteiger partial charge in [-0.25, -0.2) is 5.48 Å². The van der Waals surface area contributed by atoms with Crippen LogP contribution in [-0.2, 0) is 5.41 Å². The first kappa shape index (κ1) is 16.3. The molecule has 1 amide bonds. The molecule has 4 nitrogen and oxygen atoms in total. The summed E-state index contributed by atoms with van der Waals surface area (Å²) in [6.07, 6.45) is -4.01. The highest BCUT2D eigenvalue weighted by molar-refractivity contribution is 5.93. The molecule has 1 aliphatic carbocycles. The van der Waals surface area contributed by atoms with Gasteiger partial charge in [-0.15, -0.1) is 0 Å². The molecule has 1 fully saturated rings. The number of ether oxygens (including phenoxy) is 1. The second-order valence-electron chi connectivity index (χ2n) is 5.67. The van der Waals surface area contributed by atoms with Gasteiger partial charge in [0.25, 0.3) is 5.91 Å². The van der Waals surface area contributed by atoms with Crippen molar-refractivity contribution in [2.75, 3.05) is 0 Å². The van der Waals surface area contributed by atoms with Crippen LogP contribution in [0.4, 0.5) is 13.2 Å². The van der Waals surface area contributed by atoms with Crippen molar-refractivity contribution in [3.8, 4) is 11.5 Å². The Morgan fingerprint density at radius 2 is 1.50 bits per heavy atom. The van der Waals surface area contributed by atoms with Gasteiger partial charge in [-0.3, -0.25) is 10.0 Å². The summed E-state index contributed by atoms with van der Waals surface area (Å²) in [5.74, 6) is 0.179. The molecule has 0 aliphatic heterocycles. The van der Waals surface area contributed by atoms with Crippen molar-refractivity contribution in [1.82, 2.24) is 5.48 Å². The lowest BCUT2D eigenvalue weighted by atomic mass is 9.95. The summed E-state index contributed by atoms with van der Waals surface area (Å²) in [5.41, 5.74) is 0.312. The Hall–Kier alpha value is -2.54. The van der Waals surface area contributed by atoms with E-state index in [2.05, 4.69) is 0 Å². The van der Waals surface area contributed by atoms with Gasteiger partial charge >= 0.3 is 6.18 Å². The summed E-state index contributed by atoms with van der Waals surface area (Å²) < 4.78 is 44.8. The van der Waals surface area contributed by atoms with Crippen LogP contribution in [0.5, 0.6) is 11.5 Å². The zero-order valence-electron chi connectivity index (χ0n) is 12.4. The molecule has 0 saturated heterocycles. The lowest BCUT2D eigenvalue weighted by molar-refractivity contribution is -0.160. The van der Waals surface area contributed by atoms with E-state index < -0.39 is 17.5 Å². The van der Waals surface area contributed by atoms with Crippen LogP contribution in [0.1, 0.15) is 28.8 Å². The van der Waals surface area contributed by atoms with Gasteiger partial charge in [0, 0.05) is 5.56 Å². The van der Waals surface area contributed by atoms with Crippen LogP contribution in [-0.4, -0.2) is 17.3 Å². The molecular formula is C17H14F3NO3. The molecule has 0 heterocycles. The van der Waals surface area contributed by atoms with Crippen LogP contribution in [0.15, 0.2) is 48.5 Å². The number of hydroxylamine groups is 1. The Labute approximate surface area is 135 Å². The number of halogens is 3. The first-order valence-corrected chi connectivity index (χ1v) is 7.25. The number of nitrogens with one attached hydrogen (secondary N) is 1. The topological polar surface area (TPSA) is 58.6 Å². The van der Waals surface area contributed by atoms with Crippen molar-refractivity contribution in [2.45, 2.75) is 24.4 Å². The number of amides is 1. The normalized spacial score (nSPS) is 15.7. The van der Waals surface area contributed by atoms with Crippen LogP contribution in [0.3, 0.4) is 0 Å². The van der Waals surface area contributed by atoms with Crippen molar-refractivity contribution >= 4 is 5.91 Å². The monoisotopic (exact) mass is 337 g/mol. The molecule has 2 aromatic rings. The average molecular weight is 337 g/mol. The molecule has 7 heteroatoms. The number of hydrogen-bond acceptors (Lipinski definition) is 3. The largest absolute Gasteiger partial charge is 0.457 e. The number of hydrogen-bond donors (Lipinski definition) is 2. The molecule has 0 spiro atoms. The van der Waals surface area contributed by atoms with E-state index in [4.69, 9.17) is 9.94 Å². The molecule has 2 N–H and O–H groups in total. The van der Waals surface area contributed by atoms with E-state index >= 15 is 0 Å². The minimum Gasteiger partial charge on any atom is -0.457 e. The molecular weight excluding hydrogens is 323 g/mol. The molecule has 0 aromatic heterocycles. The van der Waals surface area contributed by atoms with E-state index in [1.807, 2.05) is 0 Å². The summed E-state index contributed by atoms with van der Waals surface area (Å²) in [6, 6.07) is 11.8. The van der Waals surface area contributed by atoms with Gasteiger partial charge in [-0.1, -0.05) is 12.1 Å². The van der Waals surface area contributed by atoms with Crippen LogP contribution >= 0.6 is 0 Å². The Kier molecular flexibility index (Phi) is 3.96. The lowest BCUT2D eigenvalue weighted by Crippen LogP contribution is -2.28. The van der Waals surface area contributed by atoms with Gasteiger partial charge in [0.1, 0.15) is 11.5 Å². The van der Waals surface area contributed by atoms with Crippen molar-refractivity contribution in [3.63, 3.8) is 0 Å². The Morgan fingerprint density at radius 3 is 1.92 bits per heavy atom. The third kappa shape index (κ3) is 2.94. The number of alkyl halides is 3. The Bertz CT molecular complexity index is 735. The van der Waals surface area contributed by atoms with E-state index in [-0.39, 0.29) is 24.0 Å². The highest BCUT2D eigenvalue weighted by Gasteiger charge is 2.64. The molecule has 2 aromatic carbocycles. The van der Waals surface area contributed by atoms with Crippen LogP contribution in [0.2, 0.25) is 0 Å². The molecule has 0 radical (unpaired) electrons. The van der Waals surface area contributed by atoms with Gasteiger partial charge in [-0.2, -0.15) is 13.2 Å². The Morgan fingerprint density at radius 1 is 1.00 bits per heavy atom. The average Bonchev–Trinajstić information content (AvgIpc) is 3.37. The van der Waals surface area contributed by atoms with Crippen LogP contribution < -0.4 is 10.2 Å². The molecule has 3 rings (SSSR count). The smallest absolute Gasteiger partial charge is 0.398 e. The Balaban J connectivity index is 1.72. The number of carbonyl (C=O) groups is 1. The van der Waals surface area contributed by atoms with E-state index in [9.17, 15) is 18.0 Å². The third-order valence-electron chi connectivity index (χ3n) is 4.15. The van der Waals surface area contributed by atoms with Gasteiger partial charge in [0.05, 0.1) is 5.41 Å². The fourth-order valence-corrected chi connectivity index (χ4v) is 2.58. The summed E-state index contributed by atoms with van der Waals surface area (Å²) in [6.45, 7) is 0. The van der Waals surface area contributed by atoms with Gasteiger partial charge < -0.3 is 4.74 Å². The van der Waals surface area contributed by atoms with Crippen LogP contribution in [0.25, 0.3) is 0 Å². The van der Waals surface area contributed by atoms with E-state index in [1.54, 1.807) is 0 Å². The van der Waals surface area contributed by atoms with E-state index in [0.717, 1.165) is 0 Å². The molecule has 1 aliphatic rings. The molecule has 126 valence electrons. The summed E-state index contributed by atoms with van der Waals surface area (Å²) >= 11 is 0. The second-order valence-corrected chi connectivity index (χ2v) is 5.67. The second kappa shape index (κ2) is 5.83. The maximum Gasteiger partial charge on any atom is 0.398 e. The molecule has 24 heavy (non-hydrogen) atoms. The number of benzene rings is 2. The summed E-state index contributed by atoms with van der Waals surface area (Å²) in [4.78, 5) is 11.2. The fraction of sp³-hybridized carbons (Fsp3) is 0.235. The fourth-order valence-electron chi connectivity index (χ4n) is 2.58. The maximum atomic E-state index is 13.1. The first-order chi connectivity index (χ1) is 11.4. The van der Waals surface area contributed by atoms with Crippen LogP contribution in [0, 0.1) is 0 Å². The minimum atomic E-state index is -4.24. The van der Waals surface area contributed by atoms with Crippen molar-refractivity contribution in [2.24, 2.45) is 0 Å². The van der Waals surface area contributed by atoms with E-state index in [1.165, 1.54) is 54.0 Å². The molecule has 0 unspecified atom stereocenters. The molecule has 0 bridgehead atoms.